The molecule has 0 aromatic heterocycles. The molecule has 0 aliphatic carbocycles. The molecule has 0 saturated carbocycles. The van der Waals surface area contributed by atoms with E-state index in [0.29, 0.717) is 51.2 Å². The molecule has 0 spiro atoms. The number of hydrogen-bond donors (Lipinski definition) is 0. The molecule has 2 aliphatic rings. The van der Waals surface area contributed by atoms with Gasteiger partial charge in [0.05, 0.1) is 24.1 Å². The lowest BCUT2D eigenvalue weighted by Gasteiger charge is -2.36. The van der Waals surface area contributed by atoms with Gasteiger partial charge in [-0.2, -0.15) is 13.2 Å². The first-order chi connectivity index (χ1) is 17.5. The summed E-state index contributed by atoms with van der Waals surface area (Å²) >= 11 is 0. The van der Waals surface area contributed by atoms with Gasteiger partial charge < -0.3 is 24.0 Å². The zero-order valence-electron chi connectivity index (χ0n) is 23.5. The molecular weight excluding hydrogens is 501 g/mol. The van der Waals surface area contributed by atoms with E-state index in [1.165, 1.54) is 12.1 Å². The second kappa shape index (κ2) is 11.3. The van der Waals surface area contributed by atoms with Crippen LogP contribution in [-0.4, -0.2) is 67.6 Å². The van der Waals surface area contributed by atoms with Crippen LogP contribution in [0.5, 0.6) is 0 Å². The lowest BCUT2D eigenvalue weighted by molar-refractivity contribution is -0.160. The van der Waals surface area contributed by atoms with Gasteiger partial charge in [-0.3, -0.25) is 4.79 Å². The maximum absolute atomic E-state index is 13.7. The minimum atomic E-state index is -4.49. The van der Waals surface area contributed by atoms with E-state index in [4.69, 9.17) is 14.2 Å². The van der Waals surface area contributed by atoms with Crippen molar-refractivity contribution in [2.45, 2.75) is 90.1 Å². The largest absolute Gasteiger partial charge is 0.460 e. The molecule has 38 heavy (non-hydrogen) atoms. The van der Waals surface area contributed by atoms with Crippen LogP contribution in [0.4, 0.5) is 23.7 Å². The van der Waals surface area contributed by atoms with Crippen LogP contribution >= 0.6 is 0 Å². The number of amides is 1. The predicted octanol–water partition coefficient (Wildman–Crippen LogP) is 6.00. The molecule has 2 fully saturated rings. The second-order valence-corrected chi connectivity index (χ2v) is 12.2. The van der Waals surface area contributed by atoms with Gasteiger partial charge in [-0.1, -0.05) is 6.07 Å². The fourth-order valence-corrected chi connectivity index (χ4v) is 5.12. The monoisotopic (exact) mass is 542 g/mol. The lowest BCUT2D eigenvalue weighted by atomic mass is 9.90. The molecule has 1 amide bonds. The number of halogens is 3. The van der Waals surface area contributed by atoms with Gasteiger partial charge in [0.1, 0.15) is 11.2 Å². The van der Waals surface area contributed by atoms with Gasteiger partial charge in [0.2, 0.25) is 0 Å². The number of ether oxygens (including phenoxy) is 3. The van der Waals surface area contributed by atoms with Crippen molar-refractivity contribution in [3.63, 3.8) is 0 Å². The zero-order chi connectivity index (χ0) is 28.5. The molecule has 214 valence electrons. The molecule has 0 unspecified atom stereocenters. The zero-order valence-corrected chi connectivity index (χ0v) is 23.5. The van der Waals surface area contributed by atoms with Gasteiger partial charge in [0.25, 0.3) is 0 Å². The molecule has 2 saturated heterocycles. The first kappa shape index (κ1) is 30.1. The van der Waals surface area contributed by atoms with Crippen LogP contribution in [0.1, 0.15) is 77.8 Å². The van der Waals surface area contributed by atoms with Crippen LogP contribution in [0, 0.1) is 5.92 Å². The Hall–Kier alpha value is -2.49. The number of hydrogen-bond acceptors (Lipinski definition) is 6. The molecule has 0 bridgehead atoms. The third kappa shape index (κ3) is 7.77. The lowest BCUT2D eigenvalue weighted by Crippen LogP contribution is -2.41. The van der Waals surface area contributed by atoms with Gasteiger partial charge in [0, 0.05) is 38.3 Å². The highest BCUT2D eigenvalue weighted by atomic mass is 19.4. The second-order valence-electron chi connectivity index (χ2n) is 12.2. The minimum Gasteiger partial charge on any atom is -0.460 e. The molecule has 1 aromatic rings. The quantitative estimate of drug-likeness (QED) is 0.425. The van der Waals surface area contributed by atoms with Gasteiger partial charge in [-0.15, -0.1) is 0 Å². The Morgan fingerprint density at radius 1 is 0.974 bits per heavy atom. The Labute approximate surface area is 223 Å². The highest BCUT2D eigenvalue weighted by Gasteiger charge is 2.41. The smallest absolute Gasteiger partial charge is 0.416 e. The minimum absolute atomic E-state index is 0.191. The molecular formula is C28H41F3N2O5. The normalized spacial score (nSPS) is 21.5. The number of rotatable bonds is 5. The average molecular weight is 543 g/mol. The summed E-state index contributed by atoms with van der Waals surface area (Å²) in [5, 5.41) is 0. The fourth-order valence-electron chi connectivity index (χ4n) is 5.12. The summed E-state index contributed by atoms with van der Waals surface area (Å²) < 4.78 is 57.5. The van der Waals surface area contributed by atoms with E-state index in [0.717, 1.165) is 11.6 Å². The summed E-state index contributed by atoms with van der Waals surface area (Å²) in [4.78, 5) is 29.0. The molecule has 2 aliphatic heterocycles. The average Bonchev–Trinajstić information content (AvgIpc) is 3.20. The van der Waals surface area contributed by atoms with Crippen LogP contribution in [0.25, 0.3) is 0 Å². The number of anilines is 1. The van der Waals surface area contributed by atoms with E-state index in [-0.39, 0.29) is 23.8 Å². The number of likely N-dealkylation sites (tertiary alicyclic amines) is 1. The van der Waals surface area contributed by atoms with Crippen molar-refractivity contribution >= 4 is 17.7 Å². The van der Waals surface area contributed by atoms with E-state index >= 15 is 0 Å². The third-order valence-corrected chi connectivity index (χ3v) is 6.77. The Morgan fingerprint density at radius 3 is 2.11 bits per heavy atom. The summed E-state index contributed by atoms with van der Waals surface area (Å²) in [5.41, 5.74) is -0.745. The van der Waals surface area contributed by atoms with Crippen molar-refractivity contribution in [3.8, 4) is 0 Å². The van der Waals surface area contributed by atoms with Crippen molar-refractivity contribution in [2.75, 3.05) is 38.3 Å². The number of piperidine rings is 1. The third-order valence-electron chi connectivity index (χ3n) is 6.77. The summed E-state index contributed by atoms with van der Waals surface area (Å²) in [7, 11) is 1.55. The molecule has 7 nitrogen and oxygen atoms in total. The topological polar surface area (TPSA) is 68.3 Å². The standard InChI is InChI=1S/C28H41F3N2O5/c1-26(2,3)37-24(34)18-10-12-32(13-11-18)23-15-20(28(29,30)31)8-9-22(23)19-14-21(17-36-7)33(16-19)25(35)38-27(4,5)6/h8-9,15,18-19,21H,10-14,16-17H2,1-7H3/t19-,21+/m0/s1. The first-order valence-corrected chi connectivity index (χ1v) is 13.2. The van der Waals surface area contributed by atoms with E-state index in [1.807, 2.05) is 25.7 Å². The molecule has 0 radical (unpaired) electrons. The van der Waals surface area contributed by atoms with Crippen LogP contribution in [0.3, 0.4) is 0 Å². The van der Waals surface area contributed by atoms with E-state index in [9.17, 15) is 22.8 Å². The first-order valence-electron chi connectivity index (χ1n) is 13.2. The predicted molar refractivity (Wildman–Crippen MR) is 138 cm³/mol. The fraction of sp³-hybridized carbons (Fsp3) is 0.714. The van der Waals surface area contributed by atoms with Crippen molar-refractivity contribution in [1.82, 2.24) is 4.90 Å². The number of nitrogens with zero attached hydrogens (tertiary/aromatic N) is 2. The summed E-state index contributed by atoms with van der Waals surface area (Å²) in [6, 6.07) is 3.58. The van der Waals surface area contributed by atoms with Gasteiger partial charge in [-0.25, -0.2) is 4.79 Å². The Morgan fingerprint density at radius 2 is 1.58 bits per heavy atom. The van der Waals surface area contributed by atoms with E-state index < -0.39 is 29.0 Å². The van der Waals surface area contributed by atoms with Crippen LogP contribution < -0.4 is 4.90 Å². The molecule has 10 heteroatoms. The van der Waals surface area contributed by atoms with Crippen LogP contribution in [0.2, 0.25) is 0 Å². The summed E-state index contributed by atoms with van der Waals surface area (Å²) in [5.74, 6) is -0.754. The Bertz CT molecular complexity index is 992. The highest BCUT2D eigenvalue weighted by molar-refractivity contribution is 5.73. The van der Waals surface area contributed by atoms with Crippen molar-refractivity contribution in [1.29, 1.82) is 0 Å². The SMILES string of the molecule is COC[C@H]1C[C@H](c2ccc(C(F)(F)F)cc2N2CCC(C(=O)OC(C)(C)C)CC2)CN1C(=O)OC(C)(C)C. The number of esters is 1. The Balaban J connectivity index is 1.87. The summed E-state index contributed by atoms with van der Waals surface area (Å²) in [6.07, 6.45) is -3.43. The number of methoxy groups -OCH3 is 1. The number of carbonyl (C=O) groups is 2. The van der Waals surface area contributed by atoms with Gasteiger partial charge in [0.15, 0.2) is 0 Å². The molecule has 2 atom stereocenters. The van der Waals surface area contributed by atoms with Crippen LogP contribution in [-0.2, 0) is 25.2 Å². The highest BCUT2D eigenvalue weighted by Crippen LogP contribution is 2.42. The van der Waals surface area contributed by atoms with Crippen molar-refractivity contribution in [2.24, 2.45) is 5.92 Å². The molecule has 0 N–H and O–H groups in total. The van der Waals surface area contributed by atoms with Gasteiger partial charge >= 0.3 is 18.2 Å². The Kier molecular flexibility index (Phi) is 8.95. The summed E-state index contributed by atoms with van der Waals surface area (Å²) in [6.45, 7) is 12.3. The van der Waals surface area contributed by atoms with Crippen LogP contribution in [0.15, 0.2) is 18.2 Å². The number of benzene rings is 1. The van der Waals surface area contributed by atoms with Gasteiger partial charge in [-0.05, 0) is 78.5 Å². The molecule has 2 heterocycles. The molecule has 3 rings (SSSR count). The number of carbonyl (C=O) groups excluding carboxylic acids is 2. The molecule has 1 aromatic carbocycles. The van der Waals surface area contributed by atoms with E-state index in [2.05, 4.69) is 0 Å². The van der Waals surface area contributed by atoms with E-state index in [1.54, 1.807) is 32.8 Å². The van der Waals surface area contributed by atoms with Crippen molar-refractivity contribution < 1.29 is 37.0 Å². The number of alkyl halides is 3. The maximum atomic E-state index is 13.7. The van der Waals surface area contributed by atoms with Crippen molar-refractivity contribution in [3.05, 3.63) is 29.3 Å². The maximum Gasteiger partial charge on any atom is 0.416 e.